The van der Waals surface area contributed by atoms with E-state index in [4.69, 9.17) is 4.74 Å². The van der Waals surface area contributed by atoms with E-state index in [1.165, 1.54) is 37.3 Å². The zero-order chi connectivity index (χ0) is 13.9. The largest absolute Gasteiger partial charge is 0.496 e. The number of hydrogen-bond donors (Lipinski definition) is 1. The number of aryl methyl sites for hydroxylation is 1. The lowest BCUT2D eigenvalue weighted by molar-refractivity contribution is 0.0219. The minimum absolute atomic E-state index is 0.757. The maximum Gasteiger partial charge on any atom is 0.123 e. The molecule has 2 heterocycles. The summed E-state index contributed by atoms with van der Waals surface area (Å²) in [6.45, 7) is 10.2. The third-order valence-corrected chi connectivity index (χ3v) is 4.44. The monoisotopic (exact) mass is 275 g/mol. The van der Waals surface area contributed by atoms with Crippen molar-refractivity contribution in [2.45, 2.75) is 19.5 Å². The molecule has 0 spiro atoms. The first-order valence-corrected chi connectivity index (χ1v) is 7.57. The lowest BCUT2D eigenvalue weighted by Crippen LogP contribution is -2.62. The van der Waals surface area contributed by atoms with E-state index < -0.39 is 0 Å². The highest BCUT2D eigenvalue weighted by Crippen LogP contribution is 2.25. The van der Waals surface area contributed by atoms with Crippen molar-refractivity contribution in [3.63, 3.8) is 0 Å². The van der Waals surface area contributed by atoms with Gasteiger partial charge in [-0.25, -0.2) is 0 Å². The molecule has 0 aliphatic carbocycles. The molecule has 0 saturated carbocycles. The molecule has 2 aliphatic rings. The first-order chi connectivity index (χ1) is 9.76. The molecular formula is C16H25N3O. The van der Waals surface area contributed by atoms with Crippen molar-refractivity contribution in [3.05, 3.63) is 29.3 Å². The Morgan fingerprint density at radius 1 is 1.25 bits per heavy atom. The molecule has 0 amide bonds. The predicted molar refractivity (Wildman–Crippen MR) is 81.2 cm³/mol. The van der Waals surface area contributed by atoms with Crippen molar-refractivity contribution in [3.8, 4) is 5.75 Å². The molecule has 0 unspecified atom stereocenters. The number of benzene rings is 1. The molecule has 2 saturated heterocycles. The van der Waals surface area contributed by atoms with E-state index in [1.54, 1.807) is 7.11 Å². The number of hydrogen-bond acceptors (Lipinski definition) is 4. The Hall–Kier alpha value is -1.10. The van der Waals surface area contributed by atoms with Crippen LogP contribution in [0.5, 0.6) is 5.75 Å². The third-order valence-electron chi connectivity index (χ3n) is 4.44. The van der Waals surface area contributed by atoms with Crippen LogP contribution in [0.15, 0.2) is 18.2 Å². The van der Waals surface area contributed by atoms with Gasteiger partial charge in [-0.05, 0) is 13.0 Å². The fourth-order valence-corrected chi connectivity index (χ4v) is 3.22. The maximum absolute atomic E-state index is 5.47. The van der Waals surface area contributed by atoms with Gasteiger partial charge < -0.3 is 10.1 Å². The quantitative estimate of drug-likeness (QED) is 0.890. The number of nitrogens with zero attached hydrogens (tertiary/aromatic N) is 2. The highest BCUT2D eigenvalue weighted by molar-refractivity contribution is 5.37. The van der Waals surface area contributed by atoms with Crippen molar-refractivity contribution in [1.82, 2.24) is 15.1 Å². The SMILES string of the molecule is COc1ccc(C)cc1CN1CC(N2CCNCC2)C1. The molecule has 110 valence electrons. The highest BCUT2D eigenvalue weighted by atomic mass is 16.5. The van der Waals surface area contributed by atoms with Crippen LogP contribution < -0.4 is 10.1 Å². The van der Waals surface area contributed by atoms with Gasteiger partial charge in [0, 0.05) is 57.4 Å². The second-order valence-electron chi connectivity index (χ2n) is 5.95. The van der Waals surface area contributed by atoms with Crippen LogP contribution in [0.25, 0.3) is 0 Å². The predicted octanol–water partition coefficient (Wildman–Crippen LogP) is 1.09. The Morgan fingerprint density at radius 2 is 2.00 bits per heavy atom. The van der Waals surface area contributed by atoms with Crippen LogP contribution in [0.3, 0.4) is 0 Å². The number of likely N-dealkylation sites (tertiary alicyclic amines) is 1. The van der Waals surface area contributed by atoms with Gasteiger partial charge in [0.25, 0.3) is 0 Å². The topological polar surface area (TPSA) is 27.7 Å². The number of ether oxygens (including phenoxy) is 1. The molecule has 0 atom stereocenters. The molecule has 3 rings (SSSR count). The highest BCUT2D eigenvalue weighted by Gasteiger charge is 2.32. The van der Waals surface area contributed by atoms with Crippen molar-refractivity contribution >= 4 is 0 Å². The second kappa shape index (κ2) is 6.12. The van der Waals surface area contributed by atoms with Gasteiger partial charge in [-0.3, -0.25) is 9.80 Å². The summed E-state index contributed by atoms with van der Waals surface area (Å²) in [4.78, 5) is 5.14. The van der Waals surface area contributed by atoms with Gasteiger partial charge in [0.2, 0.25) is 0 Å². The van der Waals surface area contributed by atoms with Crippen LogP contribution in [0.1, 0.15) is 11.1 Å². The van der Waals surface area contributed by atoms with Crippen LogP contribution in [-0.2, 0) is 6.54 Å². The average Bonchev–Trinajstić information content (AvgIpc) is 2.43. The molecule has 2 fully saturated rings. The second-order valence-corrected chi connectivity index (χ2v) is 5.95. The average molecular weight is 275 g/mol. The van der Waals surface area contributed by atoms with E-state index in [9.17, 15) is 0 Å². The first kappa shape index (κ1) is 13.9. The molecule has 0 radical (unpaired) electrons. The molecule has 2 aliphatic heterocycles. The number of methoxy groups -OCH3 is 1. The van der Waals surface area contributed by atoms with Crippen LogP contribution in [-0.4, -0.2) is 62.2 Å². The standard InChI is InChI=1S/C16H25N3O/c1-13-3-4-16(20-2)14(9-13)10-18-11-15(12-18)19-7-5-17-6-8-19/h3-4,9,15,17H,5-8,10-12H2,1-2H3. The van der Waals surface area contributed by atoms with Gasteiger partial charge in [0.15, 0.2) is 0 Å². The van der Waals surface area contributed by atoms with Crippen LogP contribution in [0.4, 0.5) is 0 Å². The van der Waals surface area contributed by atoms with Crippen molar-refractivity contribution in [1.29, 1.82) is 0 Å². The van der Waals surface area contributed by atoms with Crippen LogP contribution in [0.2, 0.25) is 0 Å². The van der Waals surface area contributed by atoms with Crippen molar-refractivity contribution < 1.29 is 4.74 Å². The summed E-state index contributed by atoms with van der Waals surface area (Å²) in [7, 11) is 1.76. The van der Waals surface area contributed by atoms with E-state index in [0.717, 1.165) is 31.4 Å². The van der Waals surface area contributed by atoms with Gasteiger partial charge >= 0.3 is 0 Å². The summed E-state index contributed by atoms with van der Waals surface area (Å²) in [6.07, 6.45) is 0. The molecule has 1 aromatic carbocycles. The maximum atomic E-state index is 5.47. The molecule has 4 nitrogen and oxygen atoms in total. The summed E-state index contributed by atoms with van der Waals surface area (Å²) in [5.41, 5.74) is 2.62. The first-order valence-electron chi connectivity index (χ1n) is 7.57. The molecule has 0 bridgehead atoms. The summed E-state index contributed by atoms with van der Waals surface area (Å²) < 4.78 is 5.47. The summed E-state index contributed by atoms with van der Waals surface area (Å²) in [5, 5.41) is 3.42. The Balaban J connectivity index is 1.54. The van der Waals surface area contributed by atoms with Gasteiger partial charge in [0.1, 0.15) is 5.75 Å². The van der Waals surface area contributed by atoms with Gasteiger partial charge in [-0.15, -0.1) is 0 Å². The molecular weight excluding hydrogens is 250 g/mol. The van der Waals surface area contributed by atoms with E-state index in [2.05, 4.69) is 40.2 Å². The summed E-state index contributed by atoms with van der Waals surface area (Å²) >= 11 is 0. The van der Waals surface area contributed by atoms with Gasteiger partial charge in [-0.1, -0.05) is 17.7 Å². The minimum atomic E-state index is 0.757. The smallest absolute Gasteiger partial charge is 0.123 e. The van der Waals surface area contributed by atoms with Crippen LogP contribution >= 0.6 is 0 Å². The normalized spacial score (nSPS) is 21.7. The number of nitrogens with one attached hydrogen (secondary N) is 1. The Morgan fingerprint density at radius 3 is 2.70 bits per heavy atom. The van der Waals surface area contributed by atoms with Gasteiger partial charge in [0.05, 0.1) is 7.11 Å². The van der Waals surface area contributed by atoms with E-state index in [1.807, 2.05) is 0 Å². The molecule has 1 N–H and O–H groups in total. The molecule has 0 aromatic heterocycles. The summed E-state index contributed by atoms with van der Waals surface area (Å²) in [5.74, 6) is 1.02. The fraction of sp³-hybridized carbons (Fsp3) is 0.625. The number of rotatable bonds is 4. The molecule has 20 heavy (non-hydrogen) atoms. The Bertz CT molecular complexity index is 451. The molecule has 4 heteroatoms. The van der Waals surface area contributed by atoms with Crippen molar-refractivity contribution in [2.75, 3.05) is 46.4 Å². The zero-order valence-corrected chi connectivity index (χ0v) is 12.6. The minimum Gasteiger partial charge on any atom is -0.496 e. The Kier molecular flexibility index (Phi) is 4.24. The van der Waals surface area contributed by atoms with E-state index in [-0.39, 0.29) is 0 Å². The van der Waals surface area contributed by atoms with E-state index >= 15 is 0 Å². The third kappa shape index (κ3) is 2.97. The van der Waals surface area contributed by atoms with E-state index in [0.29, 0.717) is 0 Å². The lowest BCUT2D eigenvalue weighted by atomic mass is 10.0. The summed E-state index contributed by atoms with van der Waals surface area (Å²) in [6, 6.07) is 7.20. The Labute approximate surface area is 121 Å². The zero-order valence-electron chi connectivity index (χ0n) is 12.6. The lowest BCUT2D eigenvalue weighted by Gasteiger charge is -2.47. The van der Waals surface area contributed by atoms with Crippen LogP contribution in [0, 0.1) is 6.92 Å². The fourth-order valence-electron chi connectivity index (χ4n) is 3.22. The van der Waals surface area contributed by atoms with Gasteiger partial charge in [-0.2, -0.15) is 0 Å². The molecule has 1 aromatic rings. The van der Waals surface area contributed by atoms with Crippen molar-refractivity contribution in [2.24, 2.45) is 0 Å². The number of piperazine rings is 1.